The van der Waals surface area contributed by atoms with Crippen molar-refractivity contribution in [2.24, 2.45) is 10.3 Å². The van der Waals surface area contributed by atoms with Crippen LogP contribution < -0.4 is 0 Å². The van der Waals surface area contributed by atoms with Crippen molar-refractivity contribution in [1.29, 1.82) is 0 Å². The van der Waals surface area contributed by atoms with E-state index in [0.717, 1.165) is 5.56 Å². The molecule has 80 valence electrons. The van der Waals surface area contributed by atoms with Crippen molar-refractivity contribution in [2.45, 2.75) is 6.92 Å². The van der Waals surface area contributed by atoms with Gasteiger partial charge in [-0.2, -0.15) is 0 Å². The van der Waals surface area contributed by atoms with Gasteiger partial charge in [0.05, 0.1) is 0 Å². The van der Waals surface area contributed by atoms with E-state index >= 15 is 0 Å². The highest BCUT2D eigenvalue weighted by Crippen LogP contribution is 2.11. The Hall–Kier alpha value is -1.55. The van der Waals surface area contributed by atoms with Crippen LogP contribution in [-0.4, -0.2) is 23.7 Å². The van der Waals surface area contributed by atoms with E-state index in [4.69, 9.17) is 16.8 Å². The molecule has 0 amide bonds. The van der Waals surface area contributed by atoms with Crippen molar-refractivity contribution < 1.29 is 10.0 Å². The van der Waals surface area contributed by atoms with Crippen molar-refractivity contribution in [3.05, 3.63) is 34.9 Å². The summed E-state index contributed by atoms with van der Waals surface area (Å²) in [5.41, 5.74) is 1.62. The molecule has 4 nitrogen and oxygen atoms in total. The van der Waals surface area contributed by atoms with E-state index in [0.29, 0.717) is 16.4 Å². The van der Waals surface area contributed by atoms with Gasteiger partial charge in [-0.25, -0.2) is 0 Å². The molecule has 0 aliphatic rings. The highest BCUT2D eigenvalue weighted by molar-refractivity contribution is 6.47. The molecule has 0 saturated carbocycles. The van der Waals surface area contributed by atoms with Crippen molar-refractivity contribution in [3.63, 3.8) is 0 Å². The summed E-state index contributed by atoms with van der Waals surface area (Å²) in [6.45, 7) is 1.63. The Morgan fingerprint density at radius 1 is 1.33 bits per heavy atom. The molecule has 0 saturated heterocycles. The lowest BCUT2D eigenvalue weighted by atomic mass is 10.1. The molecule has 5 heteroatoms. The van der Waals surface area contributed by atoms with E-state index in [-0.39, 0.29) is 0 Å². The van der Waals surface area contributed by atoms with Gasteiger partial charge in [0.1, 0.15) is 18.5 Å². The van der Waals surface area contributed by atoms with Crippen molar-refractivity contribution in [2.75, 3.05) is 7.11 Å². The fraction of sp³-hybridized carbons (Fsp3) is 0.200. The highest BCUT2D eigenvalue weighted by Gasteiger charge is 2.08. The van der Waals surface area contributed by atoms with Gasteiger partial charge in [-0.15, -0.1) is 0 Å². The molecule has 1 aromatic rings. The monoisotopic (exact) mass is 226 g/mol. The number of halogens is 1. The summed E-state index contributed by atoms with van der Waals surface area (Å²) < 4.78 is 0. The van der Waals surface area contributed by atoms with Crippen LogP contribution in [0.1, 0.15) is 12.5 Å². The molecule has 0 atom stereocenters. The van der Waals surface area contributed by atoms with E-state index in [1.165, 1.54) is 7.11 Å². The Balaban J connectivity index is 3.11. The Bertz CT molecular complexity index is 385. The maximum Gasteiger partial charge on any atom is 0.134 e. The lowest BCUT2D eigenvalue weighted by Crippen LogP contribution is -2.12. The summed E-state index contributed by atoms with van der Waals surface area (Å²) in [4.78, 5) is 4.67. The summed E-state index contributed by atoms with van der Waals surface area (Å²) in [5, 5.41) is 16.2. The van der Waals surface area contributed by atoms with Gasteiger partial charge in [-0.3, -0.25) is 0 Å². The Morgan fingerprint density at radius 3 is 2.40 bits per heavy atom. The molecule has 0 heterocycles. The number of nitrogens with zero attached hydrogens (tertiary/aromatic N) is 2. The van der Waals surface area contributed by atoms with E-state index in [1.807, 2.05) is 0 Å². The minimum atomic E-state index is 0.374. The van der Waals surface area contributed by atoms with Crippen LogP contribution in [0.25, 0.3) is 0 Å². The maximum atomic E-state index is 8.67. The third kappa shape index (κ3) is 2.95. The van der Waals surface area contributed by atoms with Gasteiger partial charge in [-0.05, 0) is 19.1 Å². The van der Waals surface area contributed by atoms with E-state index in [2.05, 4.69) is 15.1 Å². The lowest BCUT2D eigenvalue weighted by molar-refractivity contribution is 0.214. The van der Waals surface area contributed by atoms with Crippen LogP contribution in [0.3, 0.4) is 0 Å². The topological polar surface area (TPSA) is 54.2 Å². The third-order valence-corrected chi connectivity index (χ3v) is 2.04. The molecule has 1 rings (SSSR count). The first kappa shape index (κ1) is 11.5. The Morgan fingerprint density at radius 2 is 1.93 bits per heavy atom. The molecule has 0 aliphatic heterocycles. The molecule has 1 N–H and O–H groups in total. The quantitative estimate of drug-likeness (QED) is 0.489. The van der Waals surface area contributed by atoms with Gasteiger partial charge in [-0.1, -0.05) is 34.0 Å². The largest absolute Gasteiger partial charge is 0.411 e. The zero-order valence-electron chi connectivity index (χ0n) is 8.44. The maximum absolute atomic E-state index is 8.67. The molecule has 15 heavy (non-hydrogen) atoms. The van der Waals surface area contributed by atoms with Crippen LogP contribution >= 0.6 is 11.6 Å². The predicted octanol–water partition coefficient (Wildman–Crippen LogP) is 2.54. The van der Waals surface area contributed by atoms with E-state index in [9.17, 15) is 0 Å². The molecule has 0 unspecified atom stereocenters. The molecule has 1 aromatic carbocycles. The minimum Gasteiger partial charge on any atom is -0.411 e. The zero-order valence-corrected chi connectivity index (χ0v) is 9.19. The first-order valence-electron chi connectivity index (χ1n) is 4.25. The zero-order chi connectivity index (χ0) is 11.3. The number of rotatable bonds is 3. The normalized spacial score (nSPS) is 12.7. The second-order valence-corrected chi connectivity index (χ2v) is 3.25. The SMILES string of the molecule is CO/N=C(/C(C)=N/O)c1ccc(Cl)cc1. The van der Waals surface area contributed by atoms with Crippen LogP contribution in [0.4, 0.5) is 0 Å². The molecule has 0 aromatic heterocycles. The van der Waals surface area contributed by atoms with Gasteiger partial charge in [0.2, 0.25) is 0 Å². The molecule has 0 fully saturated rings. The van der Waals surface area contributed by atoms with Gasteiger partial charge < -0.3 is 10.0 Å². The first-order chi connectivity index (χ1) is 7.19. The second kappa shape index (κ2) is 5.36. The first-order valence-corrected chi connectivity index (χ1v) is 4.63. The molecular weight excluding hydrogens is 216 g/mol. The van der Waals surface area contributed by atoms with Crippen LogP contribution in [0, 0.1) is 0 Å². The van der Waals surface area contributed by atoms with E-state index in [1.54, 1.807) is 31.2 Å². The van der Waals surface area contributed by atoms with Gasteiger partial charge in [0, 0.05) is 10.6 Å². The van der Waals surface area contributed by atoms with E-state index < -0.39 is 0 Å². The predicted molar refractivity (Wildman–Crippen MR) is 59.9 cm³/mol. The average Bonchev–Trinajstić information content (AvgIpc) is 2.26. The standard InChI is InChI=1S/C10H11ClN2O2/c1-7(12-14)10(13-15-2)8-3-5-9(11)6-4-8/h3-6,14H,1-2H3/b12-7+,13-10-. The highest BCUT2D eigenvalue weighted by atomic mass is 35.5. The summed E-state index contributed by atoms with van der Waals surface area (Å²) in [5.74, 6) is 0. The van der Waals surface area contributed by atoms with Crippen LogP contribution in [0.2, 0.25) is 5.02 Å². The molecule has 0 aliphatic carbocycles. The summed E-state index contributed by atoms with van der Waals surface area (Å²) in [6, 6.07) is 7.00. The van der Waals surface area contributed by atoms with Crippen LogP contribution in [-0.2, 0) is 4.84 Å². The Labute approximate surface area is 92.8 Å². The molecule has 0 bridgehead atoms. The lowest BCUT2D eigenvalue weighted by Gasteiger charge is -2.03. The third-order valence-electron chi connectivity index (χ3n) is 1.79. The fourth-order valence-corrected chi connectivity index (χ4v) is 1.20. The van der Waals surface area contributed by atoms with Crippen LogP contribution in [0.5, 0.6) is 0 Å². The molecule has 0 spiro atoms. The smallest absolute Gasteiger partial charge is 0.134 e. The number of hydrogen-bond donors (Lipinski definition) is 1. The molecular formula is C10H11ClN2O2. The summed E-state index contributed by atoms with van der Waals surface area (Å²) in [6.07, 6.45) is 0. The number of benzene rings is 1. The second-order valence-electron chi connectivity index (χ2n) is 2.81. The molecule has 0 radical (unpaired) electrons. The Kier molecular flexibility index (Phi) is 4.12. The summed E-state index contributed by atoms with van der Waals surface area (Å²) >= 11 is 5.76. The van der Waals surface area contributed by atoms with Crippen molar-refractivity contribution >= 4 is 23.0 Å². The van der Waals surface area contributed by atoms with Crippen molar-refractivity contribution in [1.82, 2.24) is 0 Å². The van der Waals surface area contributed by atoms with Gasteiger partial charge >= 0.3 is 0 Å². The van der Waals surface area contributed by atoms with Gasteiger partial charge in [0.15, 0.2) is 0 Å². The van der Waals surface area contributed by atoms with Gasteiger partial charge in [0.25, 0.3) is 0 Å². The van der Waals surface area contributed by atoms with Crippen molar-refractivity contribution in [3.8, 4) is 0 Å². The number of hydrogen-bond acceptors (Lipinski definition) is 4. The summed E-state index contributed by atoms with van der Waals surface area (Å²) in [7, 11) is 1.43. The minimum absolute atomic E-state index is 0.374. The fourth-order valence-electron chi connectivity index (χ4n) is 1.07. The number of oxime groups is 2. The average molecular weight is 227 g/mol. The van der Waals surface area contributed by atoms with Crippen LogP contribution in [0.15, 0.2) is 34.6 Å².